The zero-order valence-corrected chi connectivity index (χ0v) is 20.8. The maximum Gasteiger partial charge on any atom is 0.211 e. The lowest BCUT2D eigenvalue weighted by atomic mass is 9.95. The molecule has 13 heteroatoms. The largest absolute Gasteiger partial charge is 0.486 e. The van der Waals surface area contributed by atoms with Crippen molar-refractivity contribution in [3.8, 4) is 17.6 Å². The van der Waals surface area contributed by atoms with Crippen molar-refractivity contribution < 1.29 is 17.9 Å². The molecule has 4 heterocycles. The van der Waals surface area contributed by atoms with E-state index in [1.807, 2.05) is 4.57 Å². The molecule has 1 saturated heterocycles. The van der Waals surface area contributed by atoms with Gasteiger partial charge in [0.2, 0.25) is 10.0 Å². The van der Waals surface area contributed by atoms with Crippen LogP contribution in [0.5, 0.6) is 11.5 Å². The lowest BCUT2D eigenvalue weighted by Gasteiger charge is -2.30. The molecule has 35 heavy (non-hydrogen) atoms. The van der Waals surface area contributed by atoms with E-state index in [2.05, 4.69) is 16.0 Å². The summed E-state index contributed by atoms with van der Waals surface area (Å²) in [5.41, 5.74) is 7.69. The highest BCUT2D eigenvalue weighted by Crippen LogP contribution is 2.40. The van der Waals surface area contributed by atoms with E-state index in [9.17, 15) is 13.7 Å². The summed E-state index contributed by atoms with van der Waals surface area (Å²) in [5, 5.41) is 10.4. The van der Waals surface area contributed by atoms with E-state index in [-0.39, 0.29) is 0 Å². The number of nitrogens with zero attached hydrogens (tertiary/aromatic N) is 6. The van der Waals surface area contributed by atoms with Crippen molar-refractivity contribution in [2.45, 2.75) is 35.9 Å². The Labute approximate surface area is 207 Å². The first-order valence-corrected chi connectivity index (χ1v) is 13.9. The molecule has 184 valence electrons. The van der Waals surface area contributed by atoms with Gasteiger partial charge in [0.15, 0.2) is 33.6 Å². The summed E-state index contributed by atoms with van der Waals surface area (Å²) in [6, 6.07) is 5.72. The van der Waals surface area contributed by atoms with Gasteiger partial charge in [0.1, 0.15) is 25.6 Å². The number of anilines is 1. The lowest BCUT2D eigenvalue weighted by Crippen LogP contribution is -2.37. The van der Waals surface area contributed by atoms with E-state index in [4.69, 9.17) is 20.2 Å². The van der Waals surface area contributed by atoms with E-state index in [0.29, 0.717) is 82.9 Å². The van der Waals surface area contributed by atoms with Gasteiger partial charge >= 0.3 is 0 Å². The van der Waals surface area contributed by atoms with Crippen molar-refractivity contribution in [3.63, 3.8) is 0 Å². The Kier molecular flexibility index (Phi) is 6.43. The summed E-state index contributed by atoms with van der Waals surface area (Å²) in [7, 11) is -3.16. The first kappa shape index (κ1) is 23.7. The van der Waals surface area contributed by atoms with Crippen LogP contribution in [-0.4, -0.2) is 64.8 Å². The minimum atomic E-state index is -3.16. The van der Waals surface area contributed by atoms with Gasteiger partial charge in [-0.3, -0.25) is 0 Å². The second kappa shape index (κ2) is 9.52. The molecule has 0 spiro atoms. The third-order valence-electron chi connectivity index (χ3n) is 6.29. The number of rotatable bonds is 6. The van der Waals surface area contributed by atoms with Gasteiger partial charge in [0.05, 0.1) is 11.8 Å². The number of nitrogens with two attached hydrogens (primary N) is 1. The molecular formula is C22H25N7O4S2. The molecule has 2 aromatic heterocycles. The second-order valence-electron chi connectivity index (χ2n) is 8.58. The Morgan fingerprint density at radius 2 is 1.91 bits per heavy atom. The Hall–Kier alpha value is -3.08. The van der Waals surface area contributed by atoms with E-state index >= 15 is 0 Å². The zero-order valence-electron chi connectivity index (χ0n) is 19.2. The first-order valence-electron chi connectivity index (χ1n) is 11.3. The van der Waals surface area contributed by atoms with Crippen LogP contribution in [0, 0.1) is 17.2 Å². The molecule has 2 aliphatic rings. The van der Waals surface area contributed by atoms with Gasteiger partial charge in [-0.1, -0.05) is 11.8 Å². The Morgan fingerprint density at radius 1 is 1.20 bits per heavy atom. The van der Waals surface area contributed by atoms with Crippen molar-refractivity contribution in [1.29, 1.82) is 5.26 Å². The summed E-state index contributed by atoms with van der Waals surface area (Å²) in [4.78, 5) is 13.9. The number of imidazole rings is 1. The fraction of sp³-hybridized carbons (Fsp3) is 0.455. The summed E-state index contributed by atoms with van der Waals surface area (Å²) < 4.78 is 38.5. The van der Waals surface area contributed by atoms with Gasteiger partial charge in [0, 0.05) is 30.6 Å². The molecule has 5 rings (SSSR count). The first-order chi connectivity index (χ1) is 16.8. The van der Waals surface area contributed by atoms with E-state index in [0.717, 1.165) is 19.3 Å². The molecule has 0 amide bonds. The van der Waals surface area contributed by atoms with Crippen LogP contribution in [0.3, 0.4) is 0 Å². The average Bonchev–Trinajstić information content (AvgIpc) is 3.20. The Bertz CT molecular complexity index is 1410. The maximum absolute atomic E-state index is 11.8. The minimum absolute atomic E-state index is 0.291. The summed E-state index contributed by atoms with van der Waals surface area (Å²) in [6.45, 7) is 2.60. The molecule has 1 aromatic carbocycles. The smallest absolute Gasteiger partial charge is 0.211 e. The van der Waals surface area contributed by atoms with E-state index in [1.165, 1.54) is 28.7 Å². The number of benzene rings is 1. The number of hydrogen-bond acceptors (Lipinski definition) is 10. The number of aromatic nitrogens is 4. The van der Waals surface area contributed by atoms with E-state index in [1.54, 1.807) is 12.1 Å². The maximum atomic E-state index is 11.8. The zero-order chi connectivity index (χ0) is 24.6. The molecule has 2 aliphatic heterocycles. The molecule has 11 nitrogen and oxygen atoms in total. The summed E-state index contributed by atoms with van der Waals surface area (Å²) in [5.74, 6) is 1.82. The third kappa shape index (κ3) is 4.86. The number of aryl methyl sites for hydroxylation is 1. The van der Waals surface area contributed by atoms with Crippen LogP contribution < -0.4 is 15.2 Å². The highest BCUT2D eigenvalue weighted by atomic mass is 32.2. The molecular weight excluding hydrogens is 490 g/mol. The van der Waals surface area contributed by atoms with Gasteiger partial charge in [0.25, 0.3) is 0 Å². The molecule has 0 radical (unpaired) electrons. The summed E-state index contributed by atoms with van der Waals surface area (Å²) in [6.07, 6.45) is 5.12. The van der Waals surface area contributed by atoms with Crippen LogP contribution in [0.4, 0.5) is 5.82 Å². The van der Waals surface area contributed by atoms with Crippen LogP contribution in [0.1, 0.15) is 24.8 Å². The van der Waals surface area contributed by atoms with Gasteiger partial charge in [-0.15, -0.1) is 0 Å². The number of piperidine rings is 1. The molecule has 0 unspecified atom stereocenters. The molecule has 0 aliphatic carbocycles. The Balaban J connectivity index is 1.42. The number of hydrogen-bond donors (Lipinski definition) is 1. The number of fused-ring (bicyclic) bond motifs is 2. The van der Waals surface area contributed by atoms with Gasteiger partial charge in [-0.05, 0) is 31.2 Å². The topological polar surface area (TPSA) is 149 Å². The molecule has 0 bridgehead atoms. The normalized spacial score (nSPS) is 16.9. The number of ether oxygens (including phenoxy) is 2. The van der Waals surface area contributed by atoms with Crippen LogP contribution in [0.2, 0.25) is 0 Å². The molecule has 2 N–H and O–H groups in total. The monoisotopic (exact) mass is 515 g/mol. The minimum Gasteiger partial charge on any atom is -0.486 e. The van der Waals surface area contributed by atoms with E-state index < -0.39 is 10.0 Å². The Morgan fingerprint density at radius 3 is 2.60 bits per heavy atom. The predicted octanol–water partition coefficient (Wildman–Crippen LogP) is 2.26. The van der Waals surface area contributed by atoms with Crippen molar-refractivity contribution in [3.05, 3.63) is 24.0 Å². The fourth-order valence-corrected chi connectivity index (χ4v) is 6.27. The highest BCUT2D eigenvalue weighted by molar-refractivity contribution is 7.99. The molecule has 0 saturated carbocycles. The van der Waals surface area contributed by atoms with Crippen LogP contribution in [0.25, 0.3) is 11.2 Å². The van der Waals surface area contributed by atoms with Crippen molar-refractivity contribution >= 4 is 38.8 Å². The molecule has 0 atom stereocenters. The molecule has 1 fully saturated rings. The summed E-state index contributed by atoms with van der Waals surface area (Å²) >= 11 is 1.35. The van der Waals surface area contributed by atoms with Crippen LogP contribution in [-0.2, 0) is 16.6 Å². The van der Waals surface area contributed by atoms with Crippen LogP contribution >= 0.6 is 11.8 Å². The van der Waals surface area contributed by atoms with Gasteiger partial charge in [-0.25, -0.2) is 27.7 Å². The number of sulfonamides is 1. The SMILES string of the molecule is CS(=O)(=O)N1CCC(CCn2c(Sc3cc4c(cc3C#N)OCCO4)nc3c(N)ncnc32)CC1. The van der Waals surface area contributed by atoms with Crippen molar-refractivity contribution in [2.24, 2.45) is 5.92 Å². The molecule has 3 aromatic rings. The fourth-order valence-electron chi connectivity index (χ4n) is 4.40. The van der Waals surface area contributed by atoms with Gasteiger partial charge < -0.3 is 19.8 Å². The number of nitriles is 1. The average molecular weight is 516 g/mol. The second-order valence-corrected chi connectivity index (χ2v) is 11.6. The quantitative estimate of drug-likeness (QED) is 0.518. The van der Waals surface area contributed by atoms with Gasteiger partial charge in [-0.2, -0.15) is 5.26 Å². The van der Waals surface area contributed by atoms with Crippen LogP contribution in [0.15, 0.2) is 28.5 Å². The number of nitrogen functional groups attached to an aromatic ring is 1. The highest BCUT2D eigenvalue weighted by Gasteiger charge is 2.26. The lowest BCUT2D eigenvalue weighted by molar-refractivity contribution is 0.171. The standard InChI is InChI=1S/C22H25N7O4S2/c1-35(30,31)28-5-2-14(3-6-28)4-7-29-21-19(20(24)25-13-26-21)27-22(29)34-18-11-17-16(10-15(18)12-23)32-8-9-33-17/h10-11,13-14H,2-9H2,1H3,(H2,24,25,26). The third-order valence-corrected chi connectivity index (χ3v) is 8.65. The predicted molar refractivity (Wildman–Crippen MR) is 130 cm³/mol. The van der Waals surface area contributed by atoms with Crippen molar-refractivity contribution in [2.75, 3.05) is 38.3 Å². The van der Waals surface area contributed by atoms with Crippen molar-refractivity contribution in [1.82, 2.24) is 23.8 Å².